The van der Waals surface area contributed by atoms with Gasteiger partial charge in [0, 0.05) is 0 Å². The zero-order valence-electron chi connectivity index (χ0n) is 10.00. The molecule has 1 atom stereocenters. The summed E-state index contributed by atoms with van der Waals surface area (Å²) in [5.74, 6) is -0.450. The highest BCUT2D eigenvalue weighted by atomic mass is 35.5. The number of hydrogen-bond acceptors (Lipinski definition) is 1. The van der Waals surface area contributed by atoms with E-state index in [9.17, 15) is 4.39 Å². The standard InChI is InChI=1S/C15H11Cl2FO/c16-13-4-3-10(6-14(13)18)15(17)9-1-2-11-7-19-8-12(11)5-9/h1-6,15H,7-8H2. The van der Waals surface area contributed by atoms with Gasteiger partial charge >= 0.3 is 0 Å². The minimum absolute atomic E-state index is 0.106. The summed E-state index contributed by atoms with van der Waals surface area (Å²) in [7, 11) is 0. The zero-order valence-corrected chi connectivity index (χ0v) is 11.5. The second-order valence-corrected chi connectivity index (χ2v) is 5.40. The van der Waals surface area contributed by atoms with Crippen molar-refractivity contribution in [3.05, 3.63) is 69.5 Å². The molecule has 3 rings (SSSR count). The maximum atomic E-state index is 13.5. The average molecular weight is 297 g/mol. The Morgan fingerprint density at radius 3 is 2.47 bits per heavy atom. The van der Waals surface area contributed by atoms with Crippen LogP contribution >= 0.6 is 23.2 Å². The highest BCUT2D eigenvalue weighted by Crippen LogP contribution is 2.33. The Kier molecular flexibility index (Phi) is 3.48. The van der Waals surface area contributed by atoms with Gasteiger partial charge in [0.25, 0.3) is 0 Å². The molecule has 0 radical (unpaired) electrons. The van der Waals surface area contributed by atoms with Gasteiger partial charge in [0.05, 0.1) is 23.6 Å². The normalized spacial score (nSPS) is 15.3. The van der Waals surface area contributed by atoms with Crippen LogP contribution in [-0.2, 0) is 18.0 Å². The van der Waals surface area contributed by atoms with Crippen molar-refractivity contribution in [3.8, 4) is 0 Å². The van der Waals surface area contributed by atoms with E-state index in [0.717, 1.165) is 11.1 Å². The number of rotatable bonds is 2. The first-order valence-corrected chi connectivity index (χ1v) is 6.75. The van der Waals surface area contributed by atoms with E-state index in [4.69, 9.17) is 27.9 Å². The summed E-state index contributed by atoms with van der Waals surface area (Å²) < 4.78 is 18.8. The van der Waals surface area contributed by atoms with Crippen molar-refractivity contribution in [3.63, 3.8) is 0 Å². The van der Waals surface area contributed by atoms with Crippen LogP contribution < -0.4 is 0 Å². The van der Waals surface area contributed by atoms with Gasteiger partial charge in [0.2, 0.25) is 0 Å². The molecule has 0 amide bonds. The van der Waals surface area contributed by atoms with Crippen molar-refractivity contribution in [2.45, 2.75) is 18.6 Å². The van der Waals surface area contributed by atoms with E-state index in [2.05, 4.69) is 0 Å². The number of ether oxygens (including phenoxy) is 1. The number of fused-ring (bicyclic) bond motifs is 1. The minimum atomic E-state index is -0.450. The van der Waals surface area contributed by atoms with Crippen LogP contribution in [0.3, 0.4) is 0 Å². The van der Waals surface area contributed by atoms with Crippen LogP contribution in [0.2, 0.25) is 5.02 Å². The topological polar surface area (TPSA) is 9.23 Å². The fraction of sp³-hybridized carbons (Fsp3) is 0.200. The van der Waals surface area contributed by atoms with Crippen molar-refractivity contribution in [1.82, 2.24) is 0 Å². The van der Waals surface area contributed by atoms with Crippen LogP contribution in [0.25, 0.3) is 0 Å². The zero-order chi connectivity index (χ0) is 13.4. The smallest absolute Gasteiger partial charge is 0.142 e. The van der Waals surface area contributed by atoms with Gasteiger partial charge < -0.3 is 4.74 Å². The largest absolute Gasteiger partial charge is 0.372 e. The first kappa shape index (κ1) is 12.9. The molecule has 1 heterocycles. The lowest BCUT2D eigenvalue weighted by Crippen LogP contribution is -1.96. The van der Waals surface area contributed by atoms with E-state index < -0.39 is 11.2 Å². The van der Waals surface area contributed by atoms with E-state index >= 15 is 0 Å². The van der Waals surface area contributed by atoms with Gasteiger partial charge in [-0.15, -0.1) is 11.6 Å². The van der Waals surface area contributed by atoms with Crippen LogP contribution in [0.4, 0.5) is 4.39 Å². The third-order valence-corrected chi connectivity index (χ3v) is 4.08. The third kappa shape index (κ3) is 2.48. The summed E-state index contributed by atoms with van der Waals surface area (Å²) in [6, 6.07) is 10.6. The molecular formula is C15H11Cl2FO. The van der Waals surface area contributed by atoms with Crippen LogP contribution in [0.1, 0.15) is 27.6 Å². The molecule has 0 aromatic heterocycles. The number of hydrogen-bond donors (Lipinski definition) is 0. The van der Waals surface area contributed by atoms with Gasteiger partial charge in [-0.05, 0) is 34.4 Å². The lowest BCUT2D eigenvalue weighted by Gasteiger charge is -2.12. The minimum Gasteiger partial charge on any atom is -0.372 e. The van der Waals surface area contributed by atoms with Crippen molar-refractivity contribution >= 4 is 23.2 Å². The molecule has 2 aromatic carbocycles. The van der Waals surface area contributed by atoms with Crippen LogP contribution in [0, 0.1) is 5.82 Å². The average Bonchev–Trinajstić information content (AvgIpc) is 2.88. The van der Waals surface area contributed by atoms with Gasteiger partial charge in [-0.3, -0.25) is 0 Å². The Morgan fingerprint density at radius 2 is 1.68 bits per heavy atom. The van der Waals surface area contributed by atoms with Crippen LogP contribution in [0.15, 0.2) is 36.4 Å². The Labute approximate surface area is 120 Å². The molecule has 0 bridgehead atoms. The van der Waals surface area contributed by atoms with Crippen molar-refractivity contribution in [1.29, 1.82) is 0 Å². The van der Waals surface area contributed by atoms with Gasteiger partial charge in [0.15, 0.2) is 0 Å². The molecule has 0 fully saturated rings. The van der Waals surface area contributed by atoms with Crippen molar-refractivity contribution < 1.29 is 9.13 Å². The molecule has 0 saturated heterocycles. The molecule has 1 aliphatic heterocycles. The lowest BCUT2D eigenvalue weighted by atomic mass is 10.00. The Hall–Kier alpha value is -1.09. The maximum absolute atomic E-state index is 13.5. The molecule has 2 aromatic rings. The second-order valence-electron chi connectivity index (χ2n) is 4.56. The predicted molar refractivity (Wildman–Crippen MR) is 74.0 cm³/mol. The van der Waals surface area contributed by atoms with Crippen molar-refractivity contribution in [2.75, 3.05) is 0 Å². The summed E-state index contributed by atoms with van der Waals surface area (Å²) >= 11 is 12.1. The summed E-state index contributed by atoms with van der Waals surface area (Å²) in [5, 5.41) is -0.285. The first-order chi connectivity index (χ1) is 9.15. The van der Waals surface area contributed by atoms with E-state index in [-0.39, 0.29) is 5.02 Å². The number of halogens is 3. The molecule has 4 heteroatoms. The fourth-order valence-electron chi connectivity index (χ4n) is 2.21. The highest BCUT2D eigenvalue weighted by molar-refractivity contribution is 6.30. The van der Waals surface area contributed by atoms with Gasteiger partial charge in [-0.2, -0.15) is 0 Å². The molecule has 1 unspecified atom stereocenters. The van der Waals surface area contributed by atoms with Crippen LogP contribution in [0.5, 0.6) is 0 Å². The molecule has 1 nitrogen and oxygen atoms in total. The molecular weight excluding hydrogens is 286 g/mol. The molecule has 0 aliphatic carbocycles. The monoisotopic (exact) mass is 296 g/mol. The molecule has 0 saturated carbocycles. The lowest BCUT2D eigenvalue weighted by molar-refractivity contribution is 0.134. The Balaban J connectivity index is 1.94. The number of benzene rings is 2. The highest BCUT2D eigenvalue weighted by Gasteiger charge is 2.17. The predicted octanol–water partition coefficient (Wildman–Crippen LogP) is 4.84. The first-order valence-electron chi connectivity index (χ1n) is 5.93. The third-order valence-electron chi connectivity index (χ3n) is 3.27. The molecule has 1 aliphatic rings. The molecule has 0 N–H and O–H groups in total. The van der Waals surface area contributed by atoms with Crippen LogP contribution in [-0.4, -0.2) is 0 Å². The van der Waals surface area contributed by atoms with E-state index in [0.29, 0.717) is 18.8 Å². The van der Waals surface area contributed by atoms with Gasteiger partial charge in [-0.1, -0.05) is 35.9 Å². The van der Waals surface area contributed by atoms with Gasteiger partial charge in [-0.25, -0.2) is 4.39 Å². The van der Waals surface area contributed by atoms with E-state index in [1.807, 2.05) is 18.2 Å². The van der Waals surface area contributed by atoms with E-state index in [1.54, 1.807) is 6.07 Å². The number of alkyl halides is 1. The maximum Gasteiger partial charge on any atom is 0.142 e. The molecule has 19 heavy (non-hydrogen) atoms. The summed E-state index contributed by atoms with van der Waals surface area (Å²) in [5.41, 5.74) is 3.97. The Bertz CT molecular complexity index is 628. The van der Waals surface area contributed by atoms with Gasteiger partial charge in [0.1, 0.15) is 5.82 Å². The molecule has 98 valence electrons. The second kappa shape index (κ2) is 5.12. The summed E-state index contributed by atoms with van der Waals surface area (Å²) in [6.45, 7) is 1.26. The Morgan fingerprint density at radius 1 is 1.00 bits per heavy atom. The van der Waals surface area contributed by atoms with E-state index in [1.165, 1.54) is 17.7 Å². The quantitative estimate of drug-likeness (QED) is 0.721. The fourth-order valence-corrected chi connectivity index (χ4v) is 2.60. The molecule has 0 spiro atoms. The van der Waals surface area contributed by atoms with Crippen molar-refractivity contribution in [2.24, 2.45) is 0 Å². The summed E-state index contributed by atoms with van der Waals surface area (Å²) in [6.07, 6.45) is 0. The SMILES string of the molecule is Fc1cc(C(Cl)c2ccc3c(c2)COC3)ccc1Cl. The summed E-state index contributed by atoms with van der Waals surface area (Å²) in [4.78, 5) is 0.